The molecule has 1 rings (SSSR count). The number of methoxy groups -OCH3 is 1. The third kappa shape index (κ3) is 2.93. The van der Waals surface area contributed by atoms with E-state index in [9.17, 15) is 17.6 Å². The van der Waals surface area contributed by atoms with Crippen LogP contribution < -0.4 is 5.73 Å². The molecule has 1 aromatic carbocycles. The van der Waals surface area contributed by atoms with E-state index in [4.69, 9.17) is 10.5 Å². The summed E-state index contributed by atoms with van der Waals surface area (Å²) in [5.74, 6) is -1.30. The van der Waals surface area contributed by atoms with E-state index in [1.807, 2.05) is 0 Å². The highest BCUT2D eigenvalue weighted by atomic mass is 19.4. The Morgan fingerprint density at radius 3 is 2.50 bits per heavy atom. The van der Waals surface area contributed by atoms with Crippen LogP contribution in [0.4, 0.5) is 17.6 Å². The lowest BCUT2D eigenvalue weighted by molar-refractivity contribution is -0.140. The van der Waals surface area contributed by atoms with E-state index in [1.54, 1.807) is 0 Å². The summed E-state index contributed by atoms with van der Waals surface area (Å²) in [4.78, 5) is 0. The molecule has 0 fully saturated rings. The van der Waals surface area contributed by atoms with Crippen molar-refractivity contribution in [1.29, 1.82) is 0 Å². The molecule has 2 nitrogen and oxygen atoms in total. The fraction of sp³-hybridized carbons (Fsp3) is 0.400. The monoisotopic (exact) mass is 237 g/mol. The van der Waals surface area contributed by atoms with Crippen LogP contribution in [0.1, 0.15) is 17.2 Å². The van der Waals surface area contributed by atoms with Crippen LogP contribution in [-0.2, 0) is 10.9 Å². The molecule has 1 aromatic rings. The van der Waals surface area contributed by atoms with E-state index >= 15 is 0 Å². The van der Waals surface area contributed by atoms with Gasteiger partial charge in [-0.05, 0) is 17.7 Å². The minimum Gasteiger partial charge on any atom is -0.383 e. The summed E-state index contributed by atoms with van der Waals surface area (Å²) in [6, 6.07) is 1.98. The van der Waals surface area contributed by atoms with E-state index < -0.39 is 23.6 Å². The Labute approximate surface area is 90.0 Å². The van der Waals surface area contributed by atoms with Crippen molar-refractivity contribution in [3.8, 4) is 0 Å². The molecule has 0 aliphatic rings. The number of ether oxygens (including phenoxy) is 1. The highest BCUT2D eigenvalue weighted by Crippen LogP contribution is 2.32. The summed E-state index contributed by atoms with van der Waals surface area (Å²) >= 11 is 0. The van der Waals surface area contributed by atoms with Gasteiger partial charge in [-0.2, -0.15) is 13.2 Å². The molecule has 0 amide bonds. The summed E-state index contributed by atoms with van der Waals surface area (Å²) in [5, 5.41) is 0. The predicted octanol–water partition coefficient (Wildman–Crippen LogP) is 2.49. The van der Waals surface area contributed by atoms with Gasteiger partial charge in [0.2, 0.25) is 0 Å². The molecular weight excluding hydrogens is 226 g/mol. The Morgan fingerprint density at radius 2 is 2.00 bits per heavy atom. The Morgan fingerprint density at radius 1 is 1.38 bits per heavy atom. The van der Waals surface area contributed by atoms with Crippen molar-refractivity contribution in [2.45, 2.75) is 12.2 Å². The number of hydrogen-bond acceptors (Lipinski definition) is 2. The molecule has 0 saturated heterocycles. The molecule has 1 unspecified atom stereocenters. The summed E-state index contributed by atoms with van der Waals surface area (Å²) in [5.41, 5.74) is 4.43. The fourth-order valence-corrected chi connectivity index (χ4v) is 1.27. The molecule has 0 aliphatic carbocycles. The number of hydrogen-bond donors (Lipinski definition) is 1. The van der Waals surface area contributed by atoms with Crippen molar-refractivity contribution >= 4 is 0 Å². The van der Waals surface area contributed by atoms with Crippen molar-refractivity contribution < 1.29 is 22.3 Å². The molecule has 0 saturated carbocycles. The van der Waals surface area contributed by atoms with Crippen LogP contribution in [0.2, 0.25) is 0 Å². The molecule has 1 atom stereocenters. The topological polar surface area (TPSA) is 35.2 Å². The van der Waals surface area contributed by atoms with E-state index in [2.05, 4.69) is 0 Å². The Hall–Kier alpha value is -1.14. The van der Waals surface area contributed by atoms with Gasteiger partial charge in [-0.25, -0.2) is 4.39 Å². The summed E-state index contributed by atoms with van der Waals surface area (Å²) < 4.78 is 54.7. The zero-order valence-corrected chi connectivity index (χ0v) is 8.51. The maximum atomic E-state index is 12.9. The van der Waals surface area contributed by atoms with Crippen LogP contribution >= 0.6 is 0 Å². The third-order valence-electron chi connectivity index (χ3n) is 2.07. The Balaban J connectivity index is 3.07. The van der Waals surface area contributed by atoms with Crippen molar-refractivity contribution in [1.82, 2.24) is 0 Å². The normalized spacial score (nSPS) is 13.9. The SMILES string of the molecule is COCC(N)c1ccc(F)c(C(F)(F)F)c1. The Bertz CT molecular complexity index is 364. The van der Waals surface area contributed by atoms with Gasteiger partial charge in [0.05, 0.1) is 18.2 Å². The smallest absolute Gasteiger partial charge is 0.383 e. The van der Waals surface area contributed by atoms with Gasteiger partial charge in [0.1, 0.15) is 5.82 Å². The lowest BCUT2D eigenvalue weighted by atomic mass is 10.0. The number of halogens is 4. The predicted molar refractivity (Wildman–Crippen MR) is 50.2 cm³/mol. The first kappa shape index (κ1) is 12.9. The van der Waals surface area contributed by atoms with E-state index in [0.717, 1.165) is 6.07 Å². The summed E-state index contributed by atoms with van der Waals surface area (Å²) in [6.45, 7) is 0.0724. The summed E-state index contributed by atoms with van der Waals surface area (Å²) in [6.07, 6.45) is -4.72. The molecule has 16 heavy (non-hydrogen) atoms. The molecule has 6 heteroatoms. The van der Waals surface area contributed by atoms with Gasteiger partial charge in [-0.3, -0.25) is 0 Å². The maximum absolute atomic E-state index is 12.9. The van der Waals surface area contributed by atoms with E-state index in [1.165, 1.54) is 13.2 Å². The Kier molecular flexibility index (Phi) is 3.88. The van der Waals surface area contributed by atoms with E-state index in [-0.39, 0.29) is 12.2 Å². The number of rotatable bonds is 3. The fourth-order valence-electron chi connectivity index (χ4n) is 1.27. The maximum Gasteiger partial charge on any atom is 0.419 e. The molecule has 0 radical (unpaired) electrons. The van der Waals surface area contributed by atoms with Crippen molar-refractivity contribution in [2.75, 3.05) is 13.7 Å². The van der Waals surface area contributed by atoms with Crippen LogP contribution in [0.25, 0.3) is 0 Å². The van der Waals surface area contributed by atoms with Gasteiger partial charge in [-0.1, -0.05) is 6.07 Å². The lowest BCUT2D eigenvalue weighted by Gasteiger charge is -2.14. The highest BCUT2D eigenvalue weighted by molar-refractivity contribution is 5.29. The first-order chi connectivity index (χ1) is 7.36. The number of alkyl halides is 3. The molecule has 2 N–H and O–H groups in total. The van der Waals surface area contributed by atoms with Crippen LogP contribution in [0, 0.1) is 5.82 Å². The molecule has 0 spiro atoms. The largest absolute Gasteiger partial charge is 0.419 e. The second kappa shape index (κ2) is 4.80. The second-order valence-corrected chi connectivity index (χ2v) is 3.30. The molecule has 90 valence electrons. The minimum atomic E-state index is -4.72. The van der Waals surface area contributed by atoms with Crippen molar-refractivity contribution in [3.05, 3.63) is 35.1 Å². The quantitative estimate of drug-likeness (QED) is 0.820. The van der Waals surface area contributed by atoms with Crippen LogP contribution in [-0.4, -0.2) is 13.7 Å². The van der Waals surface area contributed by atoms with Gasteiger partial charge in [0, 0.05) is 7.11 Å². The van der Waals surface area contributed by atoms with Crippen LogP contribution in [0.3, 0.4) is 0 Å². The molecule has 0 bridgehead atoms. The zero-order valence-electron chi connectivity index (χ0n) is 8.51. The highest BCUT2D eigenvalue weighted by Gasteiger charge is 2.34. The van der Waals surface area contributed by atoms with Gasteiger partial charge < -0.3 is 10.5 Å². The molecule has 0 aromatic heterocycles. The second-order valence-electron chi connectivity index (χ2n) is 3.30. The number of benzene rings is 1. The molecule has 0 heterocycles. The molecule has 0 aliphatic heterocycles. The third-order valence-corrected chi connectivity index (χ3v) is 2.07. The number of nitrogens with two attached hydrogens (primary N) is 1. The average molecular weight is 237 g/mol. The standard InChI is InChI=1S/C10H11F4NO/c1-16-5-9(15)6-2-3-8(11)7(4-6)10(12,13)14/h2-4,9H,5,15H2,1H3. The van der Waals surface area contributed by atoms with Crippen LogP contribution in [0.15, 0.2) is 18.2 Å². The van der Waals surface area contributed by atoms with Gasteiger partial charge in [0.15, 0.2) is 0 Å². The summed E-state index contributed by atoms with van der Waals surface area (Å²) in [7, 11) is 1.38. The van der Waals surface area contributed by atoms with Gasteiger partial charge >= 0.3 is 6.18 Å². The average Bonchev–Trinajstić information content (AvgIpc) is 2.16. The van der Waals surface area contributed by atoms with Crippen molar-refractivity contribution in [3.63, 3.8) is 0 Å². The van der Waals surface area contributed by atoms with Gasteiger partial charge in [0.25, 0.3) is 0 Å². The minimum absolute atomic E-state index is 0.0724. The van der Waals surface area contributed by atoms with Gasteiger partial charge in [-0.15, -0.1) is 0 Å². The first-order valence-electron chi connectivity index (χ1n) is 4.47. The van der Waals surface area contributed by atoms with E-state index in [0.29, 0.717) is 6.07 Å². The zero-order chi connectivity index (χ0) is 12.3. The van der Waals surface area contributed by atoms with Crippen LogP contribution in [0.5, 0.6) is 0 Å². The lowest BCUT2D eigenvalue weighted by Crippen LogP contribution is -2.18. The molecular formula is C10H11F4NO. The van der Waals surface area contributed by atoms with Crippen molar-refractivity contribution in [2.24, 2.45) is 5.73 Å². The first-order valence-corrected chi connectivity index (χ1v) is 4.47.